The molecular formula is C12H14BrFO. The standard InChI is InChI=1S/C12H14BrFO/c13-8-9-5-6-12(11(14)7-9)15-10-3-1-2-4-10/h5-7,10H,1-4,8H2. The molecule has 0 amide bonds. The number of benzene rings is 1. The second-order valence-electron chi connectivity index (χ2n) is 3.92. The Morgan fingerprint density at radius 2 is 2.07 bits per heavy atom. The van der Waals surface area contributed by atoms with E-state index in [9.17, 15) is 4.39 Å². The Morgan fingerprint density at radius 3 is 2.67 bits per heavy atom. The molecule has 0 bridgehead atoms. The molecule has 0 spiro atoms. The van der Waals surface area contributed by atoms with Crippen LogP contribution in [-0.4, -0.2) is 6.10 Å². The molecule has 0 radical (unpaired) electrons. The van der Waals surface area contributed by atoms with Crippen LogP contribution in [0.1, 0.15) is 31.2 Å². The first-order valence-electron chi connectivity index (χ1n) is 5.30. The van der Waals surface area contributed by atoms with Crippen molar-refractivity contribution in [2.24, 2.45) is 0 Å². The summed E-state index contributed by atoms with van der Waals surface area (Å²) in [6, 6.07) is 5.14. The molecule has 3 heteroatoms. The Balaban J connectivity index is 2.07. The molecule has 1 fully saturated rings. The minimum absolute atomic E-state index is 0.217. The number of rotatable bonds is 3. The maximum atomic E-state index is 13.5. The van der Waals surface area contributed by atoms with Gasteiger partial charge in [-0.1, -0.05) is 22.0 Å². The van der Waals surface area contributed by atoms with Gasteiger partial charge in [0.2, 0.25) is 0 Å². The summed E-state index contributed by atoms with van der Waals surface area (Å²) < 4.78 is 19.2. The van der Waals surface area contributed by atoms with E-state index in [1.807, 2.05) is 6.07 Å². The highest BCUT2D eigenvalue weighted by molar-refractivity contribution is 9.08. The fourth-order valence-corrected chi connectivity index (χ4v) is 2.26. The highest BCUT2D eigenvalue weighted by Crippen LogP contribution is 2.26. The molecule has 1 nitrogen and oxygen atoms in total. The maximum Gasteiger partial charge on any atom is 0.165 e. The Hall–Kier alpha value is -0.570. The van der Waals surface area contributed by atoms with Crippen LogP contribution in [0.15, 0.2) is 18.2 Å². The molecule has 1 aliphatic carbocycles. The van der Waals surface area contributed by atoms with Crippen molar-refractivity contribution >= 4 is 15.9 Å². The van der Waals surface area contributed by atoms with Gasteiger partial charge in [-0.2, -0.15) is 0 Å². The average molecular weight is 273 g/mol. The lowest BCUT2D eigenvalue weighted by Gasteiger charge is -2.13. The summed E-state index contributed by atoms with van der Waals surface area (Å²) in [4.78, 5) is 0. The van der Waals surface area contributed by atoms with Crippen molar-refractivity contribution in [3.8, 4) is 5.75 Å². The lowest BCUT2D eigenvalue weighted by molar-refractivity contribution is 0.200. The zero-order valence-corrected chi connectivity index (χ0v) is 10.1. The van der Waals surface area contributed by atoms with E-state index in [1.54, 1.807) is 6.07 Å². The summed E-state index contributed by atoms with van der Waals surface area (Å²) in [5.41, 5.74) is 0.936. The Labute approximate surface area is 97.8 Å². The predicted octanol–water partition coefficient (Wildman–Crippen LogP) is 4.04. The molecule has 0 aliphatic heterocycles. The van der Waals surface area contributed by atoms with E-state index in [2.05, 4.69) is 15.9 Å². The number of hydrogen-bond donors (Lipinski definition) is 0. The van der Waals surface area contributed by atoms with Crippen LogP contribution in [0.25, 0.3) is 0 Å². The third kappa shape index (κ3) is 2.71. The van der Waals surface area contributed by atoms with Crippen molar-refractivity contribution < 1.29 is 9.13 Å². The van der Waals surface area contributed by atoms with E-state index in [1.165, 1.54) is 18.9 Å². The molecule has 1 aliphatic rings. The number of alkyl halides is 1. The fraction of sp³-hybridized carbons (Fsp3) is 0.500. The van der Waals surface area contributed by atoms with Crippen LogP contribution in [-0.2, 0) is 5.33 Å². The van der Waals surface area contributed by atoms with Crippen LogP contribution in [0.3, 0.4) is 0 Å². The summed E-state index contributed by atoms with van der Waals surface area (Å²) in [6.45, 7) is 0. The first kappa shape index (κ1) is 10.9. The van der Waals surface area contributed by atoms with Gasteiger partial charge in [0.1, 0.15) is 0 Å². The van der Waals surface area contributed by atoms with Crippen LogP contribution in [0, 0.1) is 5.82 Å². The molecule has 0 aromatic heterocycles. The zero-order chi connectivity index (χ0) is 10.7. The van der Waals surface area contributed by atoms with Crippen LogP contribution < -0.4 is 4.74 Å². The average Bonchev–Trinajstić information content (AvgIpc) is 2.74. The third-order valence-electron chi connectivity index (χ3n) is 2.75. The van der Waals surface area contributed by atoms with Crippen LogP contribution in [0.4, 0.5) is 4.39 Å². The normalized spacial score (nSPS) is 16.9. The highest BCUT2D eigenvalue weighted by Gasteiger charge is 2.17. The van der Waals surface area contributed by atoms with Gasteiger partial charge in [0.05, 0.1) is 6.10 Å². The van der Waals surface area contributed by atoms with Crippen LogP contribution >= 0.6 is 15.9 Å². The molecule has 15 heavy (non-hydrogen) atoms. The van der Waals surface area contributed by atoms with Gasteiger partial charge < -0.3 is 4.74 Å². The smallest absolute Gasteiger partial charge is 0.165 e. The summed E-state index contributed by atoms with van der Waals surface area (Å²) in [6.07, 6.45) is 4.73. The second kappa shape index (κ2) is 4.97. The molecule has 0 N–H and O–H groups in total. The predicted molar refractivity (Wildman–Crippen MR) is 61.9 cm³/mol. The van der Waals surface area contributed by atoms with Gasteiger partial charge in [-0.15, -0.1) is 0 Å². The Bertz CT molecular complexity index is 334. The second-order valence-corrected chi connectivity index (χ2v) is 4.48. The van der Waals surface area contributed by atoms with E-state index in [-0.39, 0.29) is 11.9 Å². The topological polar surface area (TPSA) is 9.23 Å². The quantitative estimate of drug-likeness (QED) is 0.755. The highest BCUT2D eigenvalue weighted by atomic mass is 79.9. The van der Waals surface area contributed by atoms with Crippen molar-refractivity contribution in [2.75, 3.05) is 0 Å². The molecular weight excluding hydrogens is 259 g/mol. The zero-order valence-electron chi connectivity index (χ0n) is 8.51. The maximum absolute atomic E-state index is 13.5. The largest absolute Gasteiger partial charge is 0.487 e. The molecule has 0 unspecified atom stereocenters. The minimum atomic E-state index is -0.251. The molecule has 2 rings (SSSR count). The number of ether oxygens (including phenoxy) is 1. The molecule has 0 heterocycles. The van der Waals surface area contributed by atoms with Gasteiger partial charge in [-0.25, -0.2) is 4.39 Å². The summed E-state index contributed by atoms with van der Waals surface area (Å²) >= 11 is 3.30. The summed E-state index contributed by atoms with van der Waals surface area (Å²) in [5.74, 6) is 0.144. The summed E-state index contributed by atoms with van der Waals surface area (Å²) in [7, 11) is 0. The molecule has 82 valence electrons. The lowest BCUT2D eigenvalue weighted by Crippen LogP contribution is -2.11. The third-order valence-corrected chi connectivity index (χ3v) is 3.39. The van der Waals surface area contributed by atoms with Crippen molar-refractivity contribution in [1.82, 2.24) is 0 Å². The first-order chi connectivity index (χ1) is 7.29. The van der Waals surface area contributed by atoms with Crippen molar-refractivity contribution in [3.63, 3.8) is 0 Å². The van der Waals surface area contributed by atoms with Crippen molar-refractivity contribution in [3.05, 3.63) is 29.6 Å². The SMILES string of the molecule is Fc1cc(CBr)ccc1OC1CCCC1. The molecule has 1 aromatic rings. The van der Waals surface area contributed by atoms with Gasteiger partial charge in [0, 0.05) is 5.33 Å². The molecule has 1 aromatic carbocycles. The van der Waals surface area contributed by atoms with Gasteiger partial charge in [0.15, 0.2) is 11.6 Å². The van der Waals surface area contributed by atoms with Crippen LogP contribution in [0.5, 0.6) is 5.75 Å². The number of hydrogen-bond acceptors (Lipinski definition) is 1. The van der Waals surface area contributed by atoms with Gasteiger partial charge in [-0.05, 0) is 43.4 Å². The van der Waals surface area contributed by atoms with Crippen molar-refractivity contribution in [2.45, 2.75) is 37.1 Å². The van der Waals surface area contributed by atoms with E-state index in [4.69, 9.17) is 4.74 Å². The summed E-state index contributed by atoms with van der Waals surface area (Å²) in [5, 5.41) is 0.674. The first-order valence-corrected chi connectivity index (χ1v) is 6.43. The Morgan fingerprint density at radius 1 is 1.33 bits per heavy atom. The van der Waals surface area contributed by atoms with Gasteiger partial charge in [-0.3, -0.25) is 0 Å². The Kier molecular flexibility index (Phi) is 3.62. The molecule has 0 saturated heterocycles. The fourth-order valence-electron chi connectivity index (χ4n) is 1.91. The van der Waals surface area contributed by atoms with E-state index in [0.717, 1.165) is 18.4 Å². The monoisotopic (exact) mass is 272 g/mol. The molecule has 0 atom stereocenters. The van der Waals surface area contributed by atoms with Crippen molar-refractivity contribution in [1.29, 1.82) is 0 Å². The molecule has 1 saturated carbocycles. The number of halogens is 2. The van der Waals surface area contributed by atoms with E-state index >= 15 is 0 Å². The van der Waals surface area contributed by atoms with E-state index in [0.29, 0.717) is 11.1 Å². The van der Waals surface area contributed by atoms with E-state index < -0.39 is 0 Å². The minimum Gasteiger partial charge on any atom is -0.487 e. The van der Waals surface area contributed by atoms with Gasteiger partial charge >= 0.3 is 0 Å². The van der Waals surface area contributed by atoms with Crippen LogP contribution in [0.2, 0.25) is 0 Å². The lowest BCUT2D eigenvalue weighted by atomic mass is 10.2. The van der Waals surface area contributed by atoms with Gasteiger partial charge in [0.25, 0.3) is 0 Å².